The average molecular weight is 1340 g/mol. The number of aromatic nitrogens is 2. The van der Waals surface area contributed by atoms with Crippen LogP contribution >= 0.6 is 0 Å². The normalized spacial score (nSPS) is 11.4. The zero-order chi connectivity index (χ0) is 66.2. The average Bonchev–Trinajstić information content (AvgIpc) is 1.66. The van der Waals surface area contributed by atoms with E-state index < -0.39 is 72.4 Å². The standard InChI is InChI=1S/C32H23F2N3O7S.C32H23F2N3O6S.ClO2.Na/c1-35-30(38)27-22-14-21(24(37(2)45(3,41)42)15-26(22)43-29(27)16-7-9-20(33)10-8-16)17-11-18(13-19(12-17)32(39)40)31-36-28-23(34)5-4-6-25(28)44-31;1-35-31(39)28-23-14-22(19-11-17(16-38)12-20(13-19)32-36-29-24(34)5-4-6-26(29)43-32)25(37(2)44(3,40)41)15-27(23)42-30(28)18-7-9-21(33)10-8-18;2-1-3;/h4-15H,1-3H3,(H,35,38)(H,39,40);4-16H,1-3H3,(H,35,39);;/q;;-1;+1. The van der Waals surface area contributed by atoms with E-state index in [9.17, 15) is 58.7 Å². The van der Waals surface area contributed by atoms with Crippen molar-refractivity contribution >= 4 is 99.6 Å². The van der Waals surface area contributed by atoms with Crippen LogP contribution in [0.15, 0.2) is 163 Å². The van der Waals surface area contributed by atoms with Gasteiger partial charge in [-0.15, -0.1) is 0 Å². The number of hydrogen-bond acceptors (Lipinski definition) is 16. The number of amides is 2. The maximum Gasteiger partial charge on any atom is 1.00 e. The van der Waals surface area contributed by atoms with Crippen LogP contribution in [0.25, 0.3) is 112 Å². The molecule has 12 rings (SSSR count). The van der Waals surface area contributed by atoms with Crippen LogP contribution in [0.1, 0.15) is 41.4 Å². The van der Waals surface area contributed by atoms with Gasteiger partial charge >= 0.3 is 35.5 Å². The minimum Gasteiger partial charge on any atom is -0.544 e. The van der Waals surface area contributed by atoms with Crippen LogP contribution in [-0.2, 0) is 20.0 Å². The van der Waals surface area contributed by atoms with Gasteiger partial charge in [0.1, 0.15) is 51.6 Å². The first-order chi connectivity index (χ1) is 43.7. The number of carbonyl (C=O) groups is 4. The smallest absolute Gasteiger partial charge is 0.544 e. The van der Waals surface area contributed by atoms with E-state index in [2.05, 4.69) is 20.6 Å². The van der Waals surface area contributed by atoms with Crippen LogP contribution in [0.3, 0.4) is 0 Å². The fourth-order valence-electron chi connectivity index (χ4n) is 10.0. The summed E-state index contributed by atoms with van der Waals surface area (Å²) >= 11 is -0.417. The van der Waals surface area contributed by atoms with Crippen molar-refractivity contribution in [1.82, 2.24) is 20.6 Å². The predicted octanol–water partition coefficient (Wildman–Crippen LogP) is 7.35. The molecule has 0 aliphatic rings. The Morgan fingerprint density at radius 3 is 1.28 bits per heavy atom. The van der Waals surface area contributed by atoms with Gasteiger partial charge in [0.2, 0.25) is 31.8 Å². The van der Waals surface area contributed by atoms with Crippen molar-refractivity contribution in [3.63, 3.8) is 0 Å². The Bertz CT molecular complexity index is 5180. The van der Waals surface area contributed by atoms with Crippen LogP contribution in [0.5, 0.6) is 0 Å². The van der Waals surface area contributed by atoms with Gasteiger partial charge in [-0.05, 0) is 132 Å². The van der Waals surface area contributed by atoms with Gasteiger partial charge in [0.05, 0.1) is 51.9 Å². The van der Waals surface area contributed by atoms with Gasteiger partial charge in [0.25, 0.3) is 11.8 Å². The van der Waals surface area contributed by atoms with Crippen molar-refractivity contribution in [3.05, 3.63) is 191 Å². The third kappa shape index (κ3) is 13.8. The predicted molar refractivity (Wildman–Crippen MR) is 326 cm³/mol. The number of hydrogen-bond donors (Lipinski definition) is 3. The van der Waals surface area contributed by atoms with Gasteiger partial charge in [-0.2, -0.15) is 0 Å². The van der Waals surface area contributed by atoms with E-state index in [1.165, 1.54) is 150 Å². The molecule has 3 N–H and O–H groups in total. The third-order valence-electron chi connectivity index (χ3n) is 14.5. The summed E-state index contributed by atoms with van der Waals surface area (Å²) < 4.78 is 149. The summed E-state index contributed by atoms with van der Waals surface area (Å²) in [6, 6.07) is 34.0. The second-order valence-corrected chi connectivity index (χ2v) is 24.5. The molecule has 0 saturated carbocycles. The van der Waals surface area contributed by atoms with Gasteiger partial charge in [0.15, 0.2) is 22.8 Å². The number of nitrogens with one attached hydrogen (secondary N) is 2. The van der Waals surface area contributed by atoms with E-state index in [1.54, 1.807) is 24.3 Å². The molecule has 0 bridgehead atoms. The molecular formula is C64H46ClF4N6NaO15S2. The second-order valence-electron chi connectivity index (χ2n) is 20.3. The molecule has 0 spiro atoms. The number of oxazole rings is 2. The Morgan fingerprint density at radius 1 is 0.538 bits per heavy atom. The number of aromatic carboxylic acids is 1. The number of nitrogens with zero attached hydrogens (tertiary/aromatic N) is 4. The topological polar surface area (TPSA) is 312 Å². The molecule has 4 aromatic heterocycles. The number of carbonyl (C=O) groups excluding carboxylic acids is 3. The van der Waals surface area contributed by atoms with Crippen molar-refractivity contribution in [2.24, 2.45) is 0 Å². The molecule has 470 valence electrons. The first kappa shape index (κ1) is 67.7. The Hall–Kier alpha value is -9.71. The number of sulfonamides is 2. The van der Waals surface area contributed by atoms with E-state index in [-0.39, 0.29) is 142 Å². The number of aldehydes is 1. The van der Waals surface area contributed by atoms with Crippen LogP contribution in [0, 0.1) is 34.6 Å². The minimum atomic E-state index is -3.87. The maximum absolute atomic E-state index is 14.4. The summed E-state index contributed by atoms with van der Waals surface area (Å²) in [7, 11) is -2.13. The molecule has 0 saturated heterocycles. The molecular weight excluding hydrogens is 1290 g/mol. The summed E-state index contributed by atoms with van der Waals surface area (Å²) in [6.45, 7) is 0. The molecule has 93 heavy (non-hydrogen) atoms. The molecule has 0 fully saturated rings. The third-order valence-corrected chi connectivity index (χ3v) is 16.9. The van der Waals surface area contributed by atoms with Gasteiger partial charge in [-0.1, -0.05) is 12.1 Å². The Labute approximate surface area is 551 Å². The summed E-state index contributed by atoms with van der Waals surface area (Å²) in [5, 5.41) is 15.8. The van der Waals surface area contributed by atoms with Gasteiger partial charge < -0.3 is 42.7 Å². The van der Waals surface area contributed by atoms with Gasteiger partial charge in [0, 0.05) is 90.0 Å². The number of carboxylic acid groups (broad SMARTS) is 1. The first-order valence-corrected chi connectivity index (χ1v) is 31.1. The first-order valence-electron chi connectivity index (χ1n) is 26.8. The Balaban J connectivity index is 0.000000208. The quantitative estimate of drug-likeness (QED) is 0.0544. The molecule has 12 aromatic rings. The summed E-state index contributed by atoms with van der Waals surface area (Å²) in [5.74, 6) is -4.25. The molecule has 21 nitrogen and oxygen atoms in total. The van der Waals surface area contributed by atoms with Crippen molar-refractivity contribution in [1.29, 1.82) is 0 Å². The van der Waals surface area contributed by atoms with Crippen molar-refractivity contribution in [3.8, 4) is 67.8 Å². The van der Waals surface area contributed by atoms with Crippen LogP contribution < -0.4 is 58.1 Å². The van der Waals surface area contributed by atoms with E-state index in [0.29, 0.717) is 39.5 Å². The largest absolute Gasteiger partial charge is 1.00 e. The fourth-order valence-corrected chi connectivity index (χ4v) is 11.0. The maximum atomic E-state index is 14.4. The molecule has 29 heteroatoms. The molecule has 0 atom stereocenters. The van der Waals surface area contributed by atoms with Crippen LogP contribution in [0.2, 0.25) is 0 Å². The van der Waals surface area contributed by atoms with E-state index >= 15 is 0 Å². The molecule has 0 radical (unpaired) electrons. The van der Waals surface area contributed by atoms with E-state index in [1.807, 2.05) is 0 Å². The van der Waals surface area contributed by atoms with Gasteiger partial charge in [-0.3, -0.25) is 23.0 Å². The fraction of sp³-hybridized carbons (Fsp3) is 0.0938. The molecule has 0 aliphatic heterocycles. The number of halogens is 5. The van der Waals surface area contributed by atoms with Crippen LogP contribution in [0.4, 0.5) is 28.9 Å². The number of para-hydroxylation sites is 2. The number of fused-ring (bicyclic) bond motifs is 4. The molecule has 0 unspecified atom stereocenters. The van der Waals surface area contributed by atoms with Crippen LogP contribution in [-0.4, -0.2) is 96.7 Å². The molecule has 4 heterocycles. The number of carboxylic acids is 1. The van der Waals surface area contributed by atoms with E-state index in [0.717, 1.165) is 21.1 Å². The SMILES string of the molecule is CNC(=O)c1c(-c2ccc(F)cc2)oc2cc(N(C)S(C)(=O)=O)c(-c3cc(C(=O)O)cc(-c4nc5c(F)cccc5o4)c3)cc12.CNC(=O)c1c(-c2ccc(F)cc2)oc2cc(N(C)S(C)(=O)=O)c(-c3cc(C=O)cc(-c4nc5c(F)cccc5o4)c3)cc12.[Na+].[O-][Cl+][O-]. The monoisotopic (exact) mass is 1340 g/mol. The number of rotatable bonds is 14. The zero-order valence-electron chi connectivity index (χ0n) is 49.6. The summed E-state index contributed by atoms with van der Waals surface area (Å²) in [6.07, 6.45) is 2.63. The molecule has 8 aromatic carbocycles. The number of furan rings is 2. The van der Waals surface area contributed by atoms with Gasteiger partial charge in [-0.25, -0.2) is 49.2 Å². The zero-order valence-corrected chi connectivity index (χ0v) is 54.0. The van der Waals surface area contributed by atoms with Crippen molar-refractivity contribution in [2.45, 2.75) is 0 Å². The Morgan fingerprint density at radius 2 is 0.914 bits per heavy atom. The van der Waals surface area contributed by atoms with Crippen molar-refractivity contribution < 1.29 is 127 Å². The Kier molecular flexibility index (Phi) is 19.8. The number of anilines is 2. The second kappa shape index (κ2) is 27.2. The number of benzene rings is 8. The summed E-state index contributed by atoms with van der Waals surface area (Å²) in [5.41, 5.74) is 3.69. The molecule has 0 aliphatic carbocycles. The van der Waals surface area contributed by atoms with E-state index in [4.69, 9.17) is 27.0 Å². The summed E-state index contributed by atoms with van der Waals surface area (Å²) in [4.78, 5) is 59.1. The minimum absolute atomic E-state index is 0. The van der Waals surface area contributed by atoms with Crippen molar-refractivity contribution in [2.75, 3.05) is 49.3 Å². The molecule has 2 amide bonds.